The van der Waals surface area contributed by atoms with Crippen LogP contribution in [0.4, 0.5) is 0 Å². The van der Waals surface area contributed by atoms with Crippen molar-refractivity contribution in [1.82, 2.24) is 0 Å². The van der Waals surface area contributed by atoms with Crippen molar-refractivity contribution >= 4 is 15.9 Å². The summed E-state index contributed by atoms with van der Waals surface area (Å²) in [4.78, 5) is 0. The Hall–Kier alpha value is -0.540. The van der Waals surface area contributed by atoms with Gasteiger partial charge >= 0.3 is 0 Å². The SMILES string of the molecule is COc1cc(CBr)ccc1CO. The van der Waals surface area contributed by atoms with Crippen LogP contribution in [-0.2, 0) is 11.9 Å². The molecule has 66 valence electrons. The fraction of sp³-hybridized carbons (Fsp3) is 0.333. The number of benzene rings is 1. The van der Waals surface area contributed by atoms with E-state index in [0.717, 1.165) is 22.2 Å². The van der Waals surface area contributed by atoms with Gasteiger partial charge in [0, 0.05) is 10.9 Å². The summed E-state index contributed by atoms with van der Waals surface area (Å²) in [6, 6.07) is 5.75. The fourth-order valence-electron chi connectivity index (χ4n) is 1.00. The standard InChI is InChI=1S/C9H11BrO2/c1-12-9-4-7(5-10)2-3-8(9)6-11/h2-4,11H,5-6H2,1H3. The second-order valence-electron chi connectivity index (χ2n) is 2.44. The van der Waals surface area contributed by atoms with Gasteiger partial charge in [-0.05, 0) is 11.6 Å². The van der Waals surface area contributed by atoms with E-state index in [2.05, 4.69) is 15.9 Å². The molecule has 12 heavy (non-hydrogen) atoms. The number of methoxy groups -OCH3 is 1. The molecule has 3 heteroatoms. The van der Waals surface area contributed by atoms with Crippen molar-refractivity contribution in [2.75, 3.05) is 7.11 Å². The van der Waals surface area contributed by atoms with E-state index >= 15 is 0 Å². The van der Waals surface area contributed by atoms with Crippen LogP contribution in [-0.4, -0.2) is 12.2 Å². The van der Waals surface area contributed by atoms with Crippen molar-refractivity contribution in [3.63, 3.8) is 0 Å². The molecule has 0 aliphatic carbocycles. The van der Waals surface area contributed by atoms with Crippen molar-refractivity contribution < 1.29 is 9.84 Å². The first-order chi connectivity index (χ1) is 5.81. The Morgan fingerprint density at radius 1 is 1.50 bits per heavy atom. The molecule has 0 saturated heterocycles. The molecule has 0 unspecified atom stereocenters. The number of hydrogen-bond acceptors (Lipinski definition) is 2. The first-order valence-corrected chi connectivity index (χ1v) is 4.76. The molecule has 0 fully saturated rings. The molecule has 1 N–H and O–H groups in total. The number of ether oxygens (including phenoxy) is 1. The lowest BCUT2D eigenvalue weighted by Crippen LogP contribution is -1.92. The minimum absolute atomic E-state index is 0.0196. The van der Waals surface area contributed by atoms with Gasteiger partial charge in [0.1, 0.15) is 5.75 Å². The Kier molecular flexibility index (Phi) is 3.56. The van der Waals surface area contributed by atoms with Gasteiger partial charge in [-0.1, -0.05) is 28.1 Å². The Labute approximate surface area is 80.3 Å². The molecule has 1 rings (SSSR count). The summed E-state index contributed by atoms with van der Waals surface area (Å²) in [6.07, 6.45) is 0. The van der Waals surface area contributed by atoms with Gasteiger partial charge < -0.3 is 9.84 Å². The average Bonchev–Trinajstić information content (AvgIpc) is 2.16. The molecular formula is C9H11BrO2. The van der Waals surface area contributed by atoms with Crippen molar-refractivity contribution in [3.05, 3.63) is 29.3 Å². The number of rotatable bonds is 3. The fourth-order valence-corrected chi connectivity index (χ4v) is 1.35. The number of alkyl halides is 1. The summed E-state index contributed by atoms with van der Waals surface area (Å²) in [5.74, 6) is 0.745. The normalized spacial score (nSPS) is 9.92. The third kappa shape index (κ3) is 1.99. The van der Waals surface area contributed by atoms with Crippen molar-refractivity contribution in [3.8, 4) is 5.75 Å². The Morgan fingerprint density at radius 3 is 2.75 bits per heavy atom. The van der Waals surface area contributed by atoms with Gasteiger partial charge in [-0.25, -0.2) is 0 Å². The van der Waals surface area contributed by atoms with E-state index in [1.165, 1.54) is 0 Å². The van der Waals surface area contributed by atoms with Crippen LogP contribution in [0.5, 0.6) is 5.75 Å². The van der Waals surface area contributed by atoms with E-state index in [0.29, 0.717) is 0 Å². The van der Waals surface area contributed by atoms with Crippen LogP contribution < -0.4 is 4.74 Å². The second kappa shape index (κ2) is 4.48. The molecule has 0 spiro atoms. The van der Waals surface area contributed by atoms with E-state index in [9.17, 15) is 0 Å². The third-order valence-corrected chi connectivity index (χ3v) is 2.32. The molecule has 0 atom stereocenters. The maximum absolute atomic E-state index is 8.92. The summed E-state index contributed by atoms with van der Waals surface area (Å²) in [5.41, 5.74) is 1.96. The van der Waals surface area contributed by atoms with Gasteiger partial charge in [0.15, 0.2) is 0 Å². The highest BCUT2D eigenvalue weighted by Gasteiger charge is 2.01. The van der Waals surface area contributed by atoms with E-state index in [4.69, 9.17) is 9.84 Å². The van der Waals surface area contributed by atoms with Gasteiger partial charge in [0.2, 0.25) is 0 Å². The van der Waals surface area contributed by atoms with Crippen LogP contribution in [0.25, 0.3) is 0 Å². The first-order valence-electron chi connectivity index (χ1n) is 3.64. The molecule has 0 bridgehead atoms. The predicted octanol–water partition coefficient (Wildman–Crippen LogP) is 2.08. The molecule has 2 nitrogen and oxygen atoms in total. The topological polar surface area (TPSA) is 29.5 Å². The largest absolute Gasteiger partial charge is 0.496 e. The van der Waals surface area contributed by atoms with Gasteiger partial charge in [-0.2, -0.15) is 0 Å². The quantitative estimate of drug-likeness (QED) is 0.807. The molecule has 0 heterocycles. The zero-order chi connectivity index (χ0) is 8.97. The Balaban J connectivity index is 3.02. The van der Waals surface area contributed by atoms with Crippen molar-refractivity contribution in [2.24, 2.45) is 0 Å². The summed E-state index contributed by atoms with van der Waals surface area (Å²) in [5, 5.41) is 9.72. The second-order valence-corrected chi connectivity index (χ2v) is 3.00. The first kappa shape index (κ1) is 9.55. The molecule has 0 aromatic heterocycles. The molecule has 0 aliphatic rings. The predicted molar refractivity (Wildman–Crippen MR) is 51.5 cm³/mol. The number of halogens is 1. The third-order valence-electron chi connectivity index (χ3n) is 1.68. The zero-order valence-electron chi connectivity index (χ0n) is 6.88. The van der Waals surface area contributed by atoms with E-state index in [-0.39, 0.29) is 6.61 Å². The summed E-state index contributed by atoms with van der Waals surface area (Å²) in [7, 11) is 1.60. The highest BCUT2D eigenvalue weighted by atomic mass is 79.9. The minimum Gasteiger partial charge on any atom is -0.496 e. The molecule has 1 aromatic rings. The van der Waals surface area contributed by atoms with E-state index in [1.54, 1.807) is 7.11 Å². The monoisotopic (exact) mass is 230 g/mol. The van der Waals surface area contributed by atoms with Crippen molar-refractivity contribution in [2.45, 2.75) is 11.9 Å². The van der Waals surface area contributed by atoms with Gasteiger partial charge in [0.05, 0.1) is 13.7 Å². The summed E-state index contributed by atoms with van der Waals surface area (Å²) in [6.45, 7) is 0.0196. The number of aliphatic hydroxyl groups is 1. The van der Waals surface area contributed by atoms with Gasteiger partial charge in [-0.3, -0.25) is 0 Å². The summed E-state index contributed by atoms with van der Waals surface area (Å²) < 4.78 is 5.10. The van der Waals surface area contributed by atoms with Crippen LogP contribution in [0.2, 0.25) is 0 Å². The average molecular weight is 231 g/mol. The molecule has 0 saturated carbocycles. The maximum atomic E-state index is 8.92. The zero-order valence-corrected chi connectivity index (χ0v) is 8.47. The Morgan fingerprint density at radius 2 is 2.25 bits per heavy atom. The lowest BCUT2D eigenvalue weighted by atomic mass is 10.1. The lowest BCUT2D eigenvalue weighted by molar-refractivity contribution is 0.273. The number of hydrogen-bond donors (Lipinski definition) is 1. The molecule has 0 aliphatic heterocycles. The Bertz CT molecular complexity index is 261. The highest BCUT2D eigenvalue weighted by Crippen LogP contribution is 2.21. The number of aliphatic hydroxyl groups excluding tert-OH is 1. The molecule has 0 amide bonds. The molecule has 0 radical (unpaired) electrons. The van der Waals surface area contributed by atoms with Gasteiger partial charge in [0.25, 0.3) is 0 Å². The minimum atomic E-state index is 0.0196. The lowest BCUT2D eigenvalue weighted by Gasteiger charge is -2.06. The highest BCUT2D eigenvalue weighted by molar-refractivity contribution is 9.08. The van der Waals surface area contributed by atoms with Crippen LogP contribution in [0.1, 0.15) is 11.1 Å². The van der Waals surface area contributed by atoms with Crippen LogP contribution in [0.3, 0.4) is 0 Å². The molecule has 1 aromatic carbocycles. The van der Waals surface area contributed by atoms with Crippen LogP contribution in [0.15, 0.2) is 18.2 Å². The maximum Gasteiger partial charge on any atom is 0.124 e. The van der Waals surface area contributed by atoms with Gasteiger partial charge in [-0.15, -0.1) is 0 Å². The van der Waals surface area contributed by atoms with E-state index in [1.807, 2.05) is 18.2 Å². The van der Waals surface area contributed by atoms with E-state index < -0.39 is 0 Å². The van der Waals surface area contributed by atoms with Crippen LogP contribution >= 0.6 is 15.9 Å². The summed E-state index contributed by atoms with van der Waals surface area (Å²) >= 11 is 3.35. The van der Waals surface area contributed by atoms with Crippen molar-refractivity contribution in [1.29, 1.82) is 0 Å². The molecular weight excluding hydrogens is 220 g/mol. The smallest absolute Gasteiger partial charge is 0.124 e. The van der Waals surface area contributed by atoms with Crippen LogP contribution in [0, 0.1) is 0 Å².